The van der Waals surface area contributed by atoms with E-state index in [0.717, 1.165) is 16.7 Å². The number of nitrogens with zero attached hydrogens (tertiary/aromatic N) is 1. The van der Waals surface area contributed by atoms with Crippen molar-refractivity contribution in [1.29, 1.82) is 0 Å². The molecule has 1 amide bonds. The third-order valence-electron chi connectivity index (χ3n) is 4.84. The first-order valence-electron chi connectivity index (χ1n) is 9.10. The lowest BCUT2D eigenvalue weighted by molar-refractivity contribution is -0.133. The molecule has 0 aliphatic rings. The average Bonchev–Trinajstić information content (AvgIpc) is 3.11. The Bertz CT molecular complexity index is 927. The number of aryl methyl sites for hydroxylation is 1. The number of furan rings is 1. The SMILES string of the molecule is CCN(C(=O)CCc1ccccc1C(=O)O)C(C)c1cc2ccccc2o1. The average molecular weight is 365 g/mol. The summed E-state index contributed by atoms with van der Waals surface area (Å²) >= 11 is 0. The second kappa shape index (κ2) is 8.08. The van der Waals surface area contributed by atoms with Crippen LogP contribution in [0.5, 0.6) is 0 Å². The van der Waals surface area contributed by atoms with Gasteiger partial charge in [-0.3, -0.25) is 4.79 Å². The van der Waals surface area contributed by atoms with Crippen molar-refractivity contribution in [2.24, 2.45) is 0 Å². The lowest BCUT2D eigenvalue weighted by Gasteiger charge is -2.26. The standard InChI is InChI=1S/C22H23NO4/c1-3-23(15(2)20-14-17-9-5-7-11-19(17)27-20)21(24)13-12-16-8-4-6-10-18(16)22(25)26/h4-11,14-15H,3,12-13H2,1-2H3,(H,25,26). The largest absolute Gasteiger partial charge is 0.478 e. The maximum atomic E-state index is 12.8. The maximum Gasteiger partial charge on any atom is 0.335 e. The number of rotatable bonds is 7. The number of benzene rings is 2. The molecular formula is C22H23NO4. The highest BCUT2D eigenvalue weighted by molar-refractivity contribution is 5.89. The van der Waals surface area contributed by atoms with Gasteiger partial charge in [0, 0.05) is 18.4 Å². The highest BCUT2D eigenvalue weighted by Crippen LogP contribution is 2.28. The number of carboxylic acid groups (broad SMARTS) is 1. The van der Waals surface area contributed by atoms with Crippen molar-refractivity contribution in [3.63, 3.8) is 0 Å². The highest BCUT2D eigenvalue weighted by atomic mass is 16.4. The van der Waals surface area contributed by atoms with Gasteiger partial charge in [0.15, 0.2) is 0 Å². The number of aromatic carboxylic acids is 1. The van der Waals surface area contributed by atoms with E-state index in [2.05, 4.69) is 0 Å². The topological polar surface area (TPSA) is 70.8 Å². The fourth-order valence-electron chi connectivity index (χ4n) is 3.36. The molecule has 5 heteroatoms. The molecule has 140 valence electrons. The first-order valence-corrected chi connectivity index (χ1v) is 9.10. The summed E-state index contributed by atoms with van der Waals surface area (Å²) < 4.78 is 5.90. The van der Waals surface area contributed by atoms with Gasteiger partial charge in [-0.2, -0.15) is 0 Å². The lowest BCUT2D eigenvalue weighted by Crippen LogP contribution is -2.33. The maximum absolute atomic E-state index is 12.8. The summed E-state index contributed by atoms with van der Waals surface area (Å²) in [7, 11) is 0. The van der Waals surface area contributed by atoms with E-state index in [1.54, 1.807) is 29.2 Å². The molecule has 5 nitrogen and oxygen atoms in total. The first-order chi connectivity index (χ1) is 13.0. The van der Waals surface area contributed by atoms with Gasteiger partial charge >= 0.3 is 5.97 Å². The summed E-state index contributed by atoms with van der Waals surface area (Å²) in [6.07, 6.45) is 0.646. The summed E-state index contributed by atoms with van der Waals surface area (Å²) in [4.78, 5) is 25.9. The zero-order chi connectivity index (χ0) is 19.4. The molecule has 0 aliphatic carbocycles. The molecule has 3 rings (SSSR count). The zero-order valence-corrected chi connectivity index (χ0v) is 15.5. The highest BCUT2D eigenvalue weighted by Gasteiger charge is 2.23. The number of carbonyl (C=O) groups excluding carboxylic acids is 1. The molecule has 0 fully saturated rings. The minimum absolute atomic E-state index is 0.0225. The number of carbonyl (C=O) groups is 2. The summed E-state index contributed by atoms with van der Waals surface area (Å²) in [6, 6.07) is 16.4. The van der Waals surface area contributed by atoms with Gasteiger partial charge in [-0.25, -0.2) is 4.79 Å². The van der Waals surface area contributed by atoms with E-state index in [9.17, 15) is 14.7 Å². The molecule has 0 saturated carbocycles. The quantitative estimate of drug-likeness (QED) is 0.660. The van der Waals surface area contributed by atoms with Gasteiger partial charge in [-0.15, -0.1) is 0 Å². The van der Waals surface area contributed by atoms with Crippen LogP contribution < -0.4 is 0 Å². The second-order valence-corrected chi connectivity index (χ2v) is 6.50. The van der Waals surface area contributed by atoms with Crippen molar-refractivity contribution in [3.8, 4) is 0 Å². The molecule has 2 aromatic carbocycles. The minimum atomic E-state index is -0.971. The Labute approximate surface area is 158 Å². The molecule has 27 heavy (non-hydrogen) atoms. The van der Waals surface area contributed by atoms with Crippen LogP contribution in [0.25, 0.3) is 11.0 Å². The number of amides is 1. The van der Waals surface area contributed by atoms with Gasteiger partial charge in [0.05, 0.1) is 11.6 Å². The lowest BCUT2D eigenvalue weighted by atomic mass is 10.0. The van der Waals surface area contributed by atoms with E-state index in [1.165, 1.54) is 0 Å². The zero-order valence-electron chi connectivity index (χ0n) is 15.5. The molecule has 1 N–H and O–H groups in total. The first kappa shape index (κ1) is 18.7. The Morgan fingerprint density at radius 1 is 1.11 bits per heavy atom. The third kappa shape index (κ3) is 4.03. The van der Waals surface area contributed by atoms with E-state index in [1.807, 2.05) is 44.2 Å². The van der Waals surface area contributed by atoms with Crippen LogP contribution in [0.1, 0.15) is 48.0 Å². The molecule has 1 unspecified atom stereocenters. The van der Waals surface area contributed by atoms with Gasteiger partial charge in [0.2, 0.25) is 5.91 Å². The summed E-state index contributed by atoms with van der Waals surface area (Å²) in [5.74, 6) is -0.246. The predicted molar refractivity (Wildman–Crippen MR) is 104 cm³/mol. The molecule has 0 radical (unpaired) electrons. The van der Waals surface area contributed by atoms with Crippen molar-refractivity contribution in [3.05, 3.63) is 71.5 Å². The van der Waals surface area contributed by atoms with Gasteiger partial charge in [0.1, 0.15) is 11.3 Å². The Balaban J connectivity index is 1.73. The van der Waals surface area contributed by atoms with Crippen LogP contribution in [-0.4, -0.2) is 28.4 Å². The molecule has 0 saturated heterocycles. The van der Waals surface area contributed by atoms with Crippen molar-refractivity contribution in [2.75, 3.05) is 6.54 Å². The monoisotopic (exact) mass is 365 g/mol. The Kier molecular flexibility index (Phi) is 5.60. The van der Waals surface area contributed by atoms with E-state index in [4.69, 9.17) is 4.42 Å². The van der Waals surface area contributed by atoms with Gasteiger partial charge in [-0.05, 0) is 44.0 Å². The summed E-state index contributed by atoms with van der Waals surface area (Å²) in [5.41, 5.74) is 1.72. The number of hydrogen-bond donors (Lipinski definition) is 1. The normalized spacial score (nSPS) is 12.1. The van der Waals surface area contributed by atoms with Gasteiger partial charge in [-0.1, -0.05) is 36.4 Å². The molecule has 0 bridgehead atoms. The van der Waals surface area contributed by atoms with Gasteiger partial charge in [0.25, 0.3) is 0 Å². The second-order valence-electron chi connectivity index (χ2n) is 6.50. The van der Waals surface area contributed by atoms with E-state index in [-0.39, 0.29) is 23.9 Å². The van der Waals surface area contributed by atoms with Crippen LogP contribution in [0.15, 0.2) is 59.0 Å². The Hall–Kier alpha value is -3.08. The van der Waals surface area contributed by atoms with E-state index in [0.29, 0.717) is 18.5 Å². The molecular weight excluding hydrogens is 342 g/mol. The molecule has 1 aromatic heterocycles. The smallest absolute Gasteiger partial charge is 0.335 e. The molecule has 0 aliphatic heterocycles. The number of fused-ring (bicyclic) bond motifs is 1. The minimum Gasteiger partial charge on any atom is -0.478 e. The van der Waals surface area contributed by atoms with E-state index < -0.39 is 5.97 Å². The van der Waals surface area contributed by atoms with Crippen molar-refractivity contribution in [1.82, 2.24) is 4.90 Å². The van der Waals surface area contributed by atoms with E-state index >= 15 is 0 Å². The molecule has 0 spiro atoms. The molecule has 1 atom stereocenters. The number of para-hydroxylation sites is 1. The Morgan fingerprint density at radius 2 is 1.81 bits per heavy atom. The Morgan fingerprint density at radius 3 is 2.52 bits per heavy atom. The predicted octanol–water partition coefficient (Wildman–Crippen LogP) is 4.67. The van der Waals surface area contributed by atoms with Crippen molar-refractivity contribution in [2.45, 2.75) is 32.7 Å². The third-order valence-corrected chi connectivity index (χ3v) is 4.84. The van der Waals surface area contributed by atoms with Crippen LogP contribution in [-0.2, 0) is 11.2 Å². The number of carboxylic acids is 1. The van der Waals surface area contributed by atoms with Crippen LogP contribution in [0.4, 0.5) is 0 Å². The van der Waals surface area contributed by atoms with Crippen molar-refractivity contribution >= 4 is 22.8 Å². The molecule has 1 heterocycles. The fraction of sp³-hybridized carbons (Fsp3) is 0.273. The van der Waals surface area contributed by atoms with Crippen LogP contribution in [0.2, 0.25) is 0 Å². The van der Waals surface area contributed by atoms with Crippen molar-refractivity contribution < 1.29 is 19.1 Å². The van der Waals surface area contributed by atoms with Crippen LogP contribution >= 0.6 is 0 Å². The number of hydrogen-bond acceptors (Lipinski definition) is 3. The fourth-order valence-corrected chi connectivity index (χ4v) is 3.36. The summed E-state index contributed by atoms with van der Waals surface area (Å²) in [6.45, 7) is 4.43. The summed E-state index contributed by atoms with van der Waals surface area (Å²) in [5, 5.41) is 10.3. The molecule has 3 aromatic rings. The van der Waals surface area contributed by atoms with Crippen LogP contribution in [0, 0.1) is 0 Å². The van der Waals surface area contributed by atoms with Gasteiger partial charge < -0.3 is 14.4 Å². The van der Waals surface area contributed by atoms with Crippen LogP contribution in [0.3, 0.4) is 0 Å².